The summed E-state index contributed by atoms with van der Waals surface area (Å²) in [5.74, 6) is 0.159. The van der Waals surface area contributed by atoms with Crippen molar-refractivity contribution < 1.29 is 55.3 Å². The number of ether oxygens (including phenoxy) is 3. The molecule has 8 saturated heterocycles. The Morgan fingerprint density at radius 2 is 1.11 bits per heavy atom. The molecule has 75 heavy (non-hydrogen) atoms. The van der Waals surface area contributed by atoms with Crippen LogP contribution in [0.2, 0.25) is 0 Å². The van der Waals surface area contributed by atoms with Crippen LogP contribution in [0.15, 0.2) is 0 Å². The first-order chi connectivity index (χ1) is 35.2. The minimum absolute atomic E-state index is 0.119. The fourth-order valence-electron chi connectivity index (χ4n) is 11.5. The van der Waals surface area contributed by atoms with Gasteiger partial charge >= 0.3 is 6.18 Å². The van der Waals surface area contributed by atoms with E-state index in [-0.39, 0.29) is 29.8 Å². The Morgan fingerprint density at radius 3 is 1.53 bits per heavy atom. The number of rotatable bonds is 7. The number of piperidine rings is 6. The molecule has 3 unspecified atom stereocenters. The Kier molecular flexibility index (Phi) is 26.5. The molecule has 0 aliphatic carbocycles. The van der Waals surface area contributed by atoms with E-state index in [0.29, 0.717) is 68.3 Å². The zero-order chi connectivity index (χ0) is 55.6. The minimum atomic E-state index is -4.37. The van der Waals surface area contributed by atoms with Crippen LogP contribution in [0.5, 0.6) is 0 Å². The standard InChI is InChI=1S/C18H32N2O2.C11H19NO2.C10H19NO2.C9H14F3NO.C9H17F2N/c1-18(2,3)14-7-10-19(11-8-14)17(21)16-6-4-5-9-20(16)15-12-22-13-15;1-9-2-5-12(6-3-9)11(13)10-4-7-14-8-10;1-9-3-6-11(7-4-9)10(12)5-8-13-2;1-7-2-4-13(5-3-7)8(14)6-9(10,11)12;1-8(2,3)7-4-5-12-6-9(7,10)11/h14-16H,4-13H2,1-3H3;9-10H,2-8H2,1H3;9H,3-8H2,1-2H3;7H,2-6H2,1H3;7,12H,4-6H2,1-3H3. The first-order valence-electron chi connectivity index (χ1n) is 28.9. The van der Waals surface area contributed by atoms with Crippen molar-refractivity contribution in [1.82, 2.24) is 29.8 Å². The molecule has 8 heterocycles. The highest BCUT2D eigenvalue weighted by atomic mass is 19.4. The fourth-order valence-corrected chi connectivity index (χ4v) is 11.5. The molecular formula is C57H101F5N6O7. The quantitative estimate of drug-likeness (QED) is 0.249. The van der Waals surface area contributed by atoms with Gasteiger partial charge in [0.2, 0.25) is 23.6 Å². The van der Waals surface area contributed by atoms with Crippen LogP contribution >= 0.6 is 0 Å². The summed E-state index contributed by atoms with van der Waals surface area (Å²) < 4.78 is 77.7. The van der Waals surface area contributed by atoms with Crippen LogP contribution in [0, 0.1) is 46.3 Å². The summed E-state index contributed by atoms with van der Waals surface area (Å²) in [6.07, 6.45) is 8.37. The number of nitrogens with zero attached hydrogens (tertiary/aromatic N) is 5. The van der Waals surface area contributed by atoms with Crippen molar-refractivity contribution in [1.29, 1.82) is 0 Å². The average Bonchev–Trinajstić information content (AvgIpc) is 3.88. The number of likely N-dealkylation sites (tertiary alicyclic amines) is 5. The van der Waals surface area contributed by atoms with Crippen molar-refractivity contribution in [3.63, 3.8) is 0 Å². The molecule has 4 amide bonds. The van der Waals surface area contributed by atoms with Gasteiger partial charge in [-0.25, -0.2) is 8.78 Å². The molecule has 3 atom stereocenters. The molecule has 0 aromatic heterocycles. The zero-order valence-corrected chi connectivity index (χ0v) is 48.0. The molecule has 0 aromatic carbocycles. The SMILES string of the molecule is CC(C)(C)C1CCN(C(=O)C2CCCCN2C2COC2)CC1.CC(C)(C)C1CCNCC1(F)F.CC1CCN(C(=O)C2CCOC2)CC1.CC1CCN(C(=O)CC(F)(F)F)CC1.COCCC(=O)N1CCC(C)CC1. The third-order valence-corrected chi connectivity index (χ3v) is 17.0. The third-order valence-electron chi connectivity index (χ3n) is 17.0. The minimum Gasteiger partial charge on any atom is -0.384 e. The first kappa shape index (κ1) is 64.9. The number of alkyl halides is 5. The number of methoxy groups -OCH3 is 1. The molecule has 18 heteroatoms. The van der Waals surface area contributed by atoms with Crippen molar-refractivity contribution in [3.05, 3.63) is 0 Å². The summed E-state index contributed by atoms with van der Waals surface area (Å²) in [4.78, 5) is 57.5. The Bertz CT molecular complexity index is 1690. The van der Waals surface area contributed by atoms with Crippen molar-refractivity contribution in [3.8, 4) is 0 Å². The van der Waals surface area contributed by atoms with Gasteiger partial charge in [-0.1, -0.05) is 68.7 Å². The van der Waals surface area contributed by atoms with E-state index in [0.717, 1.165) is 141 Å². The summed E-state index contributed by atoms with van der Waals surface area (Å²) >= 11 is 0. The van der Waals surface area contributed by atoms with E-state index in [1.165, 1.54) is 30.6 Å². The maximum atomic E-state index is 13.3. The highest BCUT2D eigenvalue weighted by Crippen LogP contribution is 2.42. The number of carbonyl (C=O) groups is 4. The van der Waals surface area contributed by atoms with Gasteiger partial charge in [-0.3, -0.25) is 24.1 Å². The lowest BCUT2D eigenvalue weighted by Gasteiger charge is -2.46. The summed E-state index contributed by atoms with van der Waals surface area (Å²) in [5, 5.41) is 2.73. The maximum Gasteiger partial charge on any atom is 0.397 e. The van der Waals surface area contributed by atoms with Gasteiger partial charge in [0.05, 0.1) is 57.4 Å². The van der Waals surface area contributed by atoms with Gasteiger partial charge in [-0.2, -0.15) is 13.2 Å². The summed E-state index contributed by atoms with van der Waals surface area (Å²) in [7, 11) is 1.63. The summed E-state index contributed by atoms with van der Waals surface area (Å²) in [6, 6.07) is 0.607. The van der Waals surface area contributed by atoms with Crippen molar-refractivity contribution in [2.45, 2.75) is 183 Å². The lowest BCUT2D eigenvalue weighted by molar-refractivity contribution is -0.162. The average molecular weight is 1080 g/mol. The van der Waals surface area contributed by atoms with Gasteiger partial charge in [-0.15, -0.1) is 0 Å². The smallest absolute Gasteiger partial charge is 0.384 e. The molecule has 13 nitrogen and oxygen atoms in total. The second kappa shape index (κ2) is 30.6. The second-order valence-corrected chi connectivity index (χ2v) is 25.3. The van der Waals surface area contributed by atoms with Crippen molar-refractivity contribution in [2.75, 3.05) is 112 Å². The van der Waals surface area contributed by atoms with E-state index in [9.17, 15) is 41.1 Å². The number of amides is 4. The van der Waals surface area contributed by atoms with Gasteiger partial charge in [-0.05, 0) is 125 Å². The van der Waals surface area contributed by atoms with E-state index in [1.807, 2.05) is 37.5 Å². The molecule has 436 valence electrons. The molecule has 8 rings (SSSR count). The van der Waals surface area contributed by atoms with Gasteiger partial charge < -0.3 is 39.1 Å². The number of halogens is 5. The number of hydrogen-bond acceptors (Lipinski definition) is 9. The third kappa shape index (κ3) is 22.2. The van der Waals surface area contributed by atoms with Crippen molar-refractivity contribution in [2.24, 2.45) is 46.3 Å². The van der Waals surface area contributed by atoms with E-state index >= 15 is 0 Å². The van der Waals surface area contributed by atoms with Crippen LogP contribution < -0.4 is 5.32 Å². The van der Waals surface area contributed by atoms with Crippen LogP contribution in [0.3, 0.4) is 0 Å². The van der Waals surface area contributed by atoms with Crippen LogP contribution in [0.1, 0.15) is 159 Å². The van der Waals surface area contributed by atoms with Crippen LogP contribution in [-0.2, 0) is 33.4 Å². The second-order valence-electron chi connectivity index (χ2n) is 25.3. The van der Waals surface area contributed by atoms with Gasteiger partial charge in [0, 0.05) is 72.0 Å². The first-order valence-corrected chi connectivity index (χ1v) is 28.9. The Morgan fingerprint density at radius 1 is 0.600 bits per heavy atom. The Hall–Kier alpha value is -2.67. The molecule has 1 N–H and O–H groups in total. The summed E-state index contributed by atoms with van der Waals surface area (Å²) in [6.45, 7) is 31.0. The number of nitrogens with one attached hydrogen (secondary N) is 1. The van der Waals surface area contributed by atoms with Crippen LogP contribution in [0.4, 0.5) is 22.0 Å². The maximum absolute atomic E-state index is 13.3. The predicted molar refractivity (Wildman–Crippen MR) is 284 cm³/mol. The van der Waals surface area contributed by atoms with E-state index < -0.39 is 30.3 Å². The van der Waals surface area contributed by atoms with Crippen LogP contribution in [0.25, 0.3) is 0 Å². The summed E-state index contributed by atoms with van der Waals surface area (Å²) in [5.41, 5.74) is 0.0842. The van der Waals surface area contributed by atoms with Gasteiger partial charge in [0.25, 0.3) is 5.92 Å². The molecule has 0 aromatic rings. The highest BCUT2D eigenvalue weighted by molar-refractivity contribution is 5.82. The molecule has 8 aliphatic heterocycles. The fraction of sp³-hybridized carbons (Fsp3) is 0.930. The van der Waals surface area contributed by atoms with Gasteiger partial charge in [0.15, 0.2) is 0 Å². The molecule has 0 bridgehead atoms. The molecule has 8 fully saturated rings. The largest absolute Gasteiger partial charge is 0.397 e. The lowest BCUT2D eigenvalue weighted by Crippen LogP contribution is -2.60. The Labute approximate surface area is 448 Å². The number of carbonyl (C=O) groups excluding carboxylic acids is 4. The molecule has 0 spiro atoms. The molecule has 0 radical (unpaired) electrons. The molecule has 8 aliphatic rings. The lowest BCUT2D eigenvalue weighted by atomic mass is 9.73. The monoisotopic (exact) mass is 1080 g/mol. The molecular weight excluding hydrogens is 976 g/mol. The Balaban J connectivity index is 0.000000207. The normalized spacial score (nSPS) is 26.0. The van der Waals surface area contributed by atoms with E-state index in [2.05, 4.69) is 49.7 Å². The molecule has 0 saturated carbocycles. The topological polar surface area (TPSA) is 124 Å². The highest BCUT2D eigenvalue weighted by Gasteiger charge is 2.47. The zero-order valence-electron chi connectivity index (χ0n) is 48.0. The van der Waals surface area contributed by atoms with E-state index in [1.54, 1.807) is 7.11 Å². The van der Waals surface area contributed by atoms with E-state index in [4.69, 9.17) is 14.2 Å². The predicted octanol–water partition coefficient (Wildman–Crippen LogP) is 9.56. The van der Waals surface area contributed by atoms with Crippen LogP contribution in [-0.4, -0.2) is 184 Å². The van der Waals surface area contributed by atoms with Crippen molar-refractivity contribution >= 4 is 23.6 Å². The van der Waals surface area contributed by atoms with Gasteiger partial charge in [0.1, 0.15) is 6.42 Å². The number of hydrogen-bond donors (Lipinski definition) is 1.